The van der Waals surface area contributed by atoms with Crippen LogP contribution in [-0.2, 0) is 0 Å². The summed E-state index contributed by atoms with van der Waals surface area (Å²) < 4.78 is 0. The van der Waals surface area contributed by atoms with Crippen LogP contribution in [0.2, 0.25) is 0 Å². The molecule has 0 unspecified atom stereocenters. The predicted molar refractivity (Wildman–Crippen MR) is 42.3 cm³/mol. The van der Waals surface area contributed by atoms with Crippen molar-refractivity contribution in [1.82, 2.24) is 0 Å². The van der Waals surface area contributed by atoms with E-state index in [4.69, 9.17) is 12.8 Å². The quantitative estimate of drug-likeness (QED) is 0.464. The number of hydrogen-bond donors (Lipinski definition) is 0. The second kappa shape index (κ2) is 2.76. The third-order valence-corrected chi connectivity index (χ3v) is 1.24. The maximum absolute atomic E-state index is 5.18. The van der Waals surface area contributed by atoms with E-state index in [0.29, 0.717) is 0 Å². The zero-order valence-corrected chi connectivity index (χ0v) is 5.46. The Morgan fingerprint density at radius 3 is 1.60 bits per heavy atom. The molecule has 0 aromatic heterocycles. The van der Waals surface area contributed by atoms with Gasteiger partial charge in [-0.2, -0.15) is 0 Å². The largest absolute Gasteiger partial charge is 0.115 e. The molecule has 0 bridgehead atoms. The van der Waals surface area contributed by atoms with Crippen LogP contribution in [0.3, 0.4) is 0 Å². The van der Waals surface area contributed by atoms with Gasteiger partial charge in [0, 0.05) is 11.1 Å². The highest BCUT2D eigenvalue weighted by atomic mass is 13.9. The van der Waals surface area contributed by atoms with Gasteiger partial charge in [-0.3, -0.25) is 0 Å². The minimum atomic E-state index is 0.782. The SMILES string of the molecule is C#Cc1ccccc1C#C. The molecular weight excluding hydrogens is 120 g/mol. The second-order valence-corrected chi connectivity index (χ2v) is 1.83. The molecule has 1 rings (SSSR count). The Bertz CT molecular complexity index is 275. The molecule has 10 heavy (non-hydrogen) atoms. The third-order valence-electron chi connectivity index (χ3n) is 1.24. The third kappa shape index (κ3) is 1.02. The van der Waals surface area contributed by atoms with Crippen molar-refractivity contribution in [3.63, 3.8) is 0 Å². The molecule has 0 saturated heterocycles. The van der Waals surface area contributed by atoms with Crippen LogP contribution in [0.15, 0.2) is 24.3 Å². The monoisotopic (exact) mass is 126 g/mol. The van der Waals surface area contributed by atoms with Crippen molar-refractivity contribution in [2.45, 2.75) is 0 Å². The van der Waals surface area contributed by atoms with Gasteiger partial charge in [0.1, 0.15) is 0 Å². The summed E-state index contributed by atoms with van der Waals surface area (Å²) in [5.74, 6) is 5.01. The van der Waals surface area contributed by atoms with Gasteiger partial charge in [0.25, 0.3) is 0 Å². The van der Waals surface area contributed by atoms with Gasteiger partial charge in [-0.25, -0.2) is 0 Å². The Hall–Kier alpha value is -1.66. The van der Waals surface area contributed by atoms with Crippen LogP contribution < -0.4 is 0 Å². The lowest BCUT2D eigenvalue weighted by Gasteiger charge is -1.92. The summed E-state index contributed by atoms with van der Waals surface area (Å²) >= 11 is 0. The van der Waals surface area contributed by atoms with Crippen LogP contribution in [0.4, 0.5) is 0 Å². The van der Waals surface area contributed by atoms with Gasteiger partial charge in [0.05, 0.1) is 0 Å². The second-order valence-electron chi connectivity index (χ2n) is 1.83. The van der Waals surface area contributed by atoms with Crippen molar-refractivity contribution in [2.24, 2.45) is 0 Å². The lowest BCUT2D eigenvalue weighted by molar-refractivity contribution is 1.59. The minimum Gasteiger partial charge on any atom is -0.115 e. The van der Waals surface area contributed by atoms with Gasteiger partial charge < -0.3 is 0 Å². The zero-order valence-electron chi connectivity index (χ0n) is 5.46. The van der Waals surface area contributed by atoms with Crippen LogP contribution in [0.5, 0.6) is 0 Å². The number of rotatable bonds is 0. The van der Waals surface area contributed by atoms with Crippen molar-refractivity contribution in [1.29, 1.82) is 0 Å². The van der Waals surface area contributed by atoms with E-state index in [-0.39, 0.29) is 0 Å². The van der Waals surface area contributed by atoms with Crippen LogP contribution in [0.1, 0.15) is 11.1 Å². The molecule has 0 aliphatic rings. The lowest BCUT2D eigenvalue weighted by atomic mass is 10.1. The molecular formula is C10H6. The zero-order chi connectivity index (χ0) is 7.40. The maximum atomic E-state index is 5.18. The predicted octanol–water partition coefficient (Wildman–Crippen LogP) is 1.65. The molecule has 0 nitrogen and oxygen atoms in total. The molecule has 0 atom stereocenters. The normalized spacial score (nSPS) is 7.80. The van der Waals surface area contributed by atoms with E-state index in [9.17, 15) is 0 Å². The molecule has 0 radical (unpaired) electrons. The van der Waals surface area contributed by atoms with Crippen molar-refractivity contribution < 1.29 is 0 Å². The summed E-state index contributed by atoms with van der Waals surface area (Å²) in [6.07, 6.45) is 10.4. The van der Waals surface area contributed by atoms with Gasteiger partial charge in [-0.15, -0.1) is 12.8 Å². The molecule has 0 saturated carbocycles. The summed E-state index contributed by atoms with van der Waals surface area (Å²) in [5.41, 5.74) is 1.56. The maximum Gasteiger partial charge on any atom is 0.0399 e. The van der Waals surface area contributed by atoms with E-state index in [2.05, 4.69) is 11.8 Å². The molecule has 1 aromatic rings. The Balaban J connectivity index is 3.28. The fourth-order valence-corrected chi connectivity index (χ4v) is 0.735. The van der Waals surface area contributed by atoms with E-state index in [1.807, 2.05) is 24.3 Å². The number of benzene rings is 1. The highest BCUT2D eigenvalue weighted by molar-refractivity contribution is 5.47. The fourth-order valence-electron chi connectivity index (χ4n) is 0.735. The molecule has 0 N–H and O–H groups in total. The Morgan fingerprint density at radius 1 is 0.900 bits per heavy atom. The van der Waals surface area contributed by atoms with Crippen molar-refractivity contribution in [2.75, 3.05) is 0 Å². The standard InChI is InChI=1S/C10H6/c1-3-9-7-5-6-8-10(9)4-2/h1-2,5-8H. The Labute approximate surface area is 60.9 Å². The highest BCUT2D eigenvalue weighted by Gasteiger charge is 1.90. The van der Waals surface area contributed by atoms with Crippen LogP contribution in [-0.4, -0.2) is 0 Å². The average Bonchev–Trinajstić information content (AvgIpc) is 2.04. The average molecular weight is 126 g/mol. The first-order chi connectivity index (χ1) is 4.88. The first-order valence-electron chi connectivity index (χ1n) is 2.90. The topological polar surface area (TPSA) is 0 Å². The first-order valence-corrected chi connectivity index (χ1v) is 2.90. The Morgan fingerprint density at radius 2 is 1.30 bits per heavy atom. The van der Waals surface area contributed by atoms with Crippen molar-refractivity contribution in [3.8, 4) is 24.7 Å². The Kier molecular flexibility index (Phi) is 1.78. The smallest absolute Gasteiger partial charge is 0.0399 e. The molecule has 46 valence electrons. The summed E-state index contributed by atoms with van der Waals surface area (Å²) in [7, 11) is 0. The molecule has 0 fully saturated rings. The summed E-state index contributed by atoms with van der Waals surface area (Å²) in [6, 6.07) is 7.40. The minimum absolute atomic E-state index is 0.782. The van der Waals surface area contributed by atoms with Crippen molar-refractivity contribution >= 4 is 0 Å². The van der Waals surface area contributed by atoms with E-state index in [0.717, 1.165) is 11.1 Å². The molecule has 0 aliphatic heterocycles. The molecule has 0 spiro atoms. The molecule has 0 amide bonds. The van der Waals surface area contributed by atoms with Gasteiger partial charge in [-0.1, -0.05) is 24.0 Å². The molecule has 0 heterocycles. The summed E-state index contributed by atoms with van der Waals surface area (Å²) in [4.78, 5) is 0. The van der Waals surface area contributed by atoms with Gasteiger partial charge in [0.15, 0.2) is 0 Å². The van der Waals surface area contributed by atoms with Crippen molar-refractivity contribution in [3.05, 3.63) is 35.4 Å². The molecule has 0 heteroatoms. The summed E-state index contributed by atoms with van der Waals surface area (Å²) in [6.45, 7) is 0. The van der Waals surface area contributed by atoms with E-state index in [1.165, 1.54) is 0 Å². The molecule has 1 aromatic carbocycles. The fraction of sp³-hybridized carbons (Fsp3) is 0. The van der Waals surface area contributed by atoms with Crippen LogP contribution in [0.25, 0.3) is 0 Å². The van der Waals surface area contributed by atoms with E-state index < -0.39 is 0 Å². The lowest BCUT2D eigenvalue weighted by Crippen LogP contribution is -1.79. The van der Waals surface area contributed by atoms with Crippen LogP contribution >= 0.6 is 0 Å². The highest BCUT2D eigenvalue weighted by Crippen LogP contribution is 2.03. The first kappa shape index (κ1) is 6.46. The number of terminal acetylenes is 2. The van der Waals surface area contributed by atoms with Crippen LogP contribution in [0, 0.1) is 24.7 Å². The summed E-state index contributed by atoms with van der Waals surface area (Å²) in [5, 5.41) is 0. The van der Waals surface area contributed by atoms with Gasteiger partial charge >= 0.3 is 0 Å². The van der Waals surface area contributed by atoms with Gasteiger partial charge in [0.2, 0.25) is 0 Å². The van der Waals surface area contributed by atoms with E-state index >= 15 is 0 Å². The van der Waals surface area contributed by atoms with Gasteiger partial charge in [-0.05, 0) is 12.1 Å². The van der Waals surface area contributed by atoms with E-state index in [1.54, 1.807) is 0 Å². The molecule has 0 aliphatic carbocycles. The number of hydrogen-bond acceptors (Lipinski definition) is 0.